The van der Waals surface area contributed by atoms with Crippen molar-refractivity contribution in [2.45, 2.75) is 84.8 Å². The third kappa shape index (κ3) is 6.50. The first-order valence-electron chi connectivity index (χ1n) is 8.64. The van der Waals surface area contributed by atoms with E-state index in [2.05, 4.69) is 45.9 Å². The zero-order chi connectivity index (χ0) is 16.8. The molecule has 22 heavy (non-hydrogen) atoms. The molecule has 0 saturated heterocycles. The van der Waals surface area contributed by atoms with Crippen LogP contribution < -0.4 is 0 Å². The average Bonchev–Trinajstić information content (AvgIpc) is 2.43. The van der Waals surface area contributed by atoms with Crippen LogP contribution in [-0.4, -0.2) is 21.9 Å². The van der Waals surface area contributed by atoms with Gasteiger partial charge in [0.25, 0.3) is 0 Å². The Morgan fingerprint density at radius 1 is 1.09 bits per heavy atom. The maximum atomic E-state index is 10.4. The number of aliphatic hydroxyl groups excluding tert-OH is 1. The van der Waals surface area contributed by atoms with E-state index in [1.54, 1.807) is 6.92 Å². The van der Waals surface area contributed by atoms with E-state index < -0.39 is 11.7 Å². The van der Waals surface area contributed by atoms with E-state index in [1.807, 2.05) is 0 Å². The van der Waals surface area contributed by atoms with E-state index in [4.69, 9.17) is 0 Å². The van der Waals surface area contributed by atoms with Gasteiger partial charge < -0.3 is 10.2 Å². The van der Waals surface area contributed by atoms with Gasteiger partial charge in [-0.1, -0.05) is 48.8 Å². The lowest BCUT2D eigenvalue weighted by Gasteiger charge is -2.29. The fraction of sp³-hybridized carbons (Fsp3) is 0.700. The quantitative estimate of drug-likeness (QED) is 0.674. The molecule has 0 aromatic rings. The lowest BCUT2D eigenvalue weighted by molar-refractivity contribution is -0.0691. The summed E-state index contributed by atoms with van der Waals surface area (Å²) in [6.45, 7) is 10.5. The fourth-order valence-electron chi connectivity index (χ4n) is 2.79. The SMILES string of the molecule is C/C1=C\CC[C@@](C)(O)[C@H](O)CC/C(C)=C/C=C(/C(C)C)CC1. The Bertz CT molecular complexity index is 439. The zero-order valence-corrected chi connectivity index (χ0v) is 15.0. The van der Waals surface area contributed by atoms with Crippen molar-refractivity contribution in [2.24, 2.45) is 5.92 Å². The summed E-state index contributed by atoms with van der Waals surface area (Å²) >= 11 is 0. The van der Waals surface area contributed by atoms with Crippen LogP contribution in [0.4, 0.5) is 0 Å². The van der Waals surface area contributed by atoms with Crippen LogP contribution in [0.2, 0.25) is 0 Å². The van der Waals surface area contributed by atoms with E-state index in [1.165, 1.54) is 16.7 Å². The van der Waals surface area contributed by atoms with Gasteiger partial charge in [-0.25, -0.2) is 0 Å². The minimum absolute atomic E-state index is 0.566. The smallest absolute Gasteiger partial charge is 0.0880 e. The van der Waals surface area contributed by atoms with E-state index in [9.17, 15) is 10.2 Å². The van der Waals surface area contributed by atoms with Gasteiger partial charge in [0.15, 0.2) is 0 Å². The van der Waals surface area contributed by atoms with Crippen molar-refractivity contribution in [3.05, 3.63) is 34.9 Å². The van der Waals surface area contributed by atoms with Gasteiger partial charge in [0.1, 0.15) is 0 Å². The molecule has 1 aliphatic carbocycles. The summed E-state index contributed by atoms with van der Waals surface area (Å²) in [4.78, 5) is 0. The molecule has 0 unspecified atom stereocenters. The van der Waals surface area contributed by atoms with Crippen molar-refractivity contribution in [3.8, 4) is 0 Å². The normalized spacial score (nSPS) is 36.5. The Balaban J connectivity index is 2.95. The van der Waals surface area contributed by atoms with Crippen molar-refractivity contribution in [1.82, 2.24) is 0 Å². The van der Waals surface area contributed by atoms with Gasteiger partial charge in [-0.15, -0.1) is 0 Å². The molecule has 0 saturated carbocycles. The van der Waals surface area contributed by atoms with E-state index in [0.717, 1.165) is 25.7 Å². The summed E-state index contributed by atoms with van der Waals surface area (Å²) in [7, 11) is 0. The molecule has 0 fully saturated rings. The van der Waals surface area contributed by atoms with Crippen molar-refractivity contribution in [3.63, 3.8) is 0 Å². The van der Waals surface area contributed by atoms with E-state index >= 15 is 0 Å². The molecule has 0 radical (unpaired) electrons. The van der Waals surface area contributed by atoms with Crippen LogP contribution >= 0.6 is 0 Å². The number of hydrogen-bond acceptors (Lipinski definition) is 2. The fourth-order valence-corrected chi connectivity index (χ4v) is 2.79. The highest BCUT2D eigenvalue weighted by molar-refractivity contribution is 5.19. The lowest BCUT2D eigenvalue weighted by atomic mass is 9.88. The van der Waals surface area contributed by atoms with Crippen LogP contribution in [-0.2, 0) is 0 Å². The Morgan fingerprint density at radius 2 is 1.77 bits per heavy atom. The Labute approximate surface area is 136 Å². The van der Waals surface area contributed by atoms with Gasteiger partial charge in [-0.3, -0.25) is 0 Å². The number of hydrogen-bond donors (Lipinski definition) is 2. The molecule has 2 atom stereocenters. The number of rotatable bonds is 1. The van der Waals surface area contributed by atoms with Crippen LogP contribution in [0.5, 0.6) is 0 Å². The van der Waals surface area contributed by atoms with Crippen molar-refractivity contribution < 1.29 is 10.2 Å². The molecule has 2 heteroatoms. The molecule has 1 rings (SSSR count). The molecule has 1 aliphatic rings. The van der Waals surface area contributed by atoms with Crippen LogP contribution in [0.3, 0.4) is 0 Å². The highest BCUT2D eigenvalue weighted by Crippen LogP contribution is 2.25. The summed E-state index contributed by atoms with van der Waals surface area (Å²) in [5.41, 5.74) is 3.11. The van der Waals surface area contributed by atoms with Gasteiger partial charge in [0, 0.05) is 0 Å². The Kier molecular flexibility index (Phi) is 7.58. The maximum absolute atomic E-state index is 10.4. The van der Waals surface area contributed by atoms with E-state index in [-0.39, 0.29) is 0 Å². The molecule has 0 heterocycles. The highest BCUT2D eigenvalue weighted by atomic mass is 16.3. The summed E-state index contributed by atoms with van der Waals surface area (Å²) in [5, 5.41) is 20.7. The summed E-state index contributed by atoms with van der Waals surface area (Å²) < 4.78 is 0. The summed E-state index contributed by atoms with van der Waals surface area (Å²) in [5.74, 6) is 0.566. The molecule has 0 aromatic carbocycles. The van der Waals surface area contributed by atoms with Gasteiger partial charge in [0.2, 0.25) is 0 Å². The number of aliphatic hydroxyl groups is 2. The molecule has 2 nitrogen and oxygen atoms in total. The minimum Gasteiger partial charge on any atom is -0.390 e. The molecule has 126 valence electrons. The summed E-state index contributed by atoms with van der Waals surface area (Å²) in [6.07, 6.45) is 11.0. The molecule has 0 bridgehead atoms. The second-order valence-corrected chi connectivity index (χ2v) is 7.41. The van der Waals surface area contributed by atoms with Gasteiger partial charge >= 0.3 is 0 Å². The monoisotopic (exact) mass is 306 g/mol. The van der Waals surface area contributed by atoms with Crippen LogP contribution in [0.1, 0.15) is 73.1 Å². The predicted molar refractivity (Wildman–Crippen MR) is 94.8 cm³/mol. The molecule has 0 spiro atoms. The van der Waals surface area contributed by atoms with Crippen molar-refractivity contribution >= 4 is 0 Å². The van der Waals surface area contributed by atoms with Crippen LogP contribution in [0, 0.1) is 5.92 Å². The number of allylic oxidation sites excluding steroid dienone is 6. The lowest BCUT2D eigenvalue weighted by Crippen LogP contribution is -2.39. The zero-order valence-electron chi connectivity index (χ0n) is 15.0. The molecule has 0 amide bonds. The van der Waals surface area contributed by atoms with Crippen LogP contribution in [0.15, 0.2) is 34.9 Å². The topological polar surface area (TPSA) is 40.5 Å². The maximum Gasteiger partial charge on any atom is 0.0880 e. The van der Waals surface area contributed by atoms with Crippen LogP contribution in [0.25, 0.3) is 0 Å². The third-order valence-corrected chi connectivity index (χ3v) is 4.80. The molecular weight excluding hydrogens is 272 g/mol. The predicted octanol–water partition coefficient (Wildman–Crippen LogP) is 4.93. The molecular formula is C20H34O2. The highest BCUT2D eigenvalue weighted by Gasteiger charge is 2.29. The first-order chi connectivity index (χ1) is 10.2. The molecule has 0 aromatic heterocycles. The average molecular weight is 306 g/mol. The molecule has 0 aliphatic heterocycles. The first-order valence-corrected chi connectivity index (χ1v) is 8.64. The Morgan fingerprint density at radius 3 is 2.41 bits per heavy atom. The largest absolute Gasteiger partial charge is 0.390 e. The van der Waals surface area contributed by atoms with Crippen molar-refractivity contribution in [1.29, 1.82) is 0 Å². The summed E-state index contributed by atoms with van der Waals surface area (Å²) in [6, 6.07) is 0. The minimum atomic E-state index is -1.000. The standard InChI is InChI=1S/C20H34O2/c1-15(2)18-11-8-16(3)7-6-14-20(5,22)19(21)13-10-17(4)9-12-18/h7,9,12,15,19,21-22H,6,8,10-11,13-14H2,1-5H3/b16-7+,17-9+,18-12+/t19-,20-/m1/s1. The first kappa shape index (κ1) is 19.2. The third-order valence-electron chi connectivity index (χ3n) is 4.80. The second kappa shape index (κ2) is 8.69. The van der Waals surface area contributed by atoms with Gasteiger partial charge in [-0.2, -0.15) is 0 Å². The molecule has 2 N–H and O–H groups in total. The van der Waals surface area contributed by atoms with Gasteiger partial charge in [0.05, 0.1) is 11.7 Å². The van der Waals surface area contributed by atoms with E-state index in [0.29, 0.717) is 18.8 Å². The Hall–Kier alpha value is -0.860. The van der Waals surface area contributed by atoms with Crippen molar-refractivity contribution in [2.75, 3.05) is 0 Å². The van der Waals surface area contributed by atoms with Gasteiger partial charge in [-0.05, 0) is 65.2 Å². The second-order valence-electron chi connectivity index (χ2n) is 7.41.